The first-order chi connectivity index (χ1) is 18.7. The van der Waals surface area contributed by atoms with Crippen LogP contribution in [0.5, 0.6) is 5.75 Å². The molecule has 1 aromatic heterocycles. The number of aromatic nitrogens is 1. The smallest absolute Gasteiger partial charge is 0.408 e. The summed E-state index contributed by atoms with van der Waals surface area (Å²) in [4.78, 5) is 31.8. The van der Waals surface area contributed by atoms with Gasteiger partial charge in [-0.25, -0.2) is 13.8 Å². The molecule has 2 aromatic rings. The molecule has 4 atom stereocenters. The molecule has 3 heterocycles. The number of anilines is 1. The maximum atomic E-state index is 13.1. The summed E-state index contributed by atoms with van der Waals surface area (Å²) >= 11 is 6.10. The highest BCUT2D eigenvalue weighted by Gasteiger charge is 2.43. The molecule has 0 saturated carbocycles. The predicted molar refractivity (Wildman–Crippen MR) is 139 cm³/mol. The molecular formula is C27H30ClF5N4O3. The van der Waals surface area contributed by atoms with E-state index in [4.69, 9.17) is 16.3 Å². The van der Waals surface area contributed by atoms with Gasteiger partial charge in [-0.15, -0.1) is 0 Å². The van der Waals surface area contributed by atoms with Crippen LogP contribution in [0.2, 0.25) is 5.02 Å². The van der Waals surface area contributed by atoms with Crippen molar-refractivity contribution in [1.29, 1.82) is 0 Å². The second-order valence-electron chi connectivity index (χ2n) is 10.7. The highest BCUT2D eigenvalue weighted by Crippen LogP contribution is 2.39. The minimum atomic E-state index is -4.54. The molecule has 2 bridgehead atoms. The molecule has 0 aliphatic carbocycles. The molecule has 2 saturated heterocycles. The van der Waals surface area contributed by atoms with Crippen LogP contribution in [0.25, 0.3) is 0 Å². The molecule has 2 aliphatic heterocycles. The lowest BCUT2D eigenvalue weighted by Crippen LogP contribution is -2.55. The van der Waals surface area contributed by atoms with E-state index in [-0.39, 0.29) is 45.9 Å². The van der Waals surface area contributed by atoms with Gasteiger partial charge in [0.15, 0.2) is 5.60 Å². The van der Waals surface area contributed by atoms with Crippen LogP contribution in [0.15, 0.2) is 36.5 Å². The fraction of sp³-hybridized carbons (Fsp3) is 0.519. The van der Waals surface area contributed by atoms with E-state index in [0.717, 1.165) is 25.8 Å². The average Bonchev–Trinajstić information content (AvgIpc) is 3.14. The molecule has 2 N–H and O–H groups in total. The Labute approximate surface area is 233 Å². The van der Waals surface area contributed by atoms with E-state index in [2.05, 4.69) is 15.2 Å². The molecule has 2 fully saturated rings. The normalized spacial score (nSPS) is 21.8. The Bertz CT molecular complexity index is 1230. The van der Waals surface area contributed by atoms with Gasteiger partial charge in [-0.3, -0.25) is 9.59 Å². The second-order valence-corrected chi connectivity index (χ2v) is 11.1. The summed E-state index contributed by atoms with van der Waals surface area (Å²) in [6.07, 6.45) is -2.95. The third-order valence-electron chi connectivity index (χ3n) is 7.30. The van der Waals surface area contributed by atoms with Gasteiger partial charge in [0.2, 0.25) is 0 Å². The van der Waals surface area contributed by atoms with Gasteiger partial charge in [-0.05, 0) is 76.8 Å². The van der Waals surface area contributed by atoms with Crippen LogP contribution in [-0.2, 0) is 4.79 Å². The highest BCUT2D eigenvalue weighted by molar-refractivity contribution is 6.32. The van der Waals surface area contributed by atoms with E-state index in [9.17, 15) is 31.5 Å². The molecule has 40 heavy (non-hydrogen) atoms. The lowest BCUT2D eigenvalue weighted by molar-refractivity contribution is -0.149. The standard InChI is InChI=1S/C27H30ClF5N4O3/c1-14(27(31,32)33)35-24(38)16-5-9-22(34-13-16)37-18-6-7-19(37)12-17(11-18)36-25(39)26(2,3)40-21-8-4-15(23(29)30)10-20(21)28/h4-5,8-10,13-14,17-19,23H,6-7,11-12H2,1-3H3,(H,35,38)(H,36,39)/t14-,17-,18+,19-/m0/s1. The molecule has 4 rings (SSSR count). The summed E-state index contributed by atoms with van der Waals surface area (Å²) in [5, 5.41) is 4.94. The van der Waals surface area contributed by atoms with Crippen molar-refractivity contribution >= 4 is 29.2 Å². The first-order valence-electron chi connectivity index (χ1n) is 12.8. The molecule has 13 heteroatoms. The number of alkyl halides is 5. The highest BCUT2D eigenvalue weighted by atomic mass is 35.5. The van der Waals surface area contributed by atoms with Crippen LogP contribution in [0.3, 0.4) is 0 Å². The van der Waals surface area contributed by atoms with Crippen molar-refractivity contribution in [3.8, 4) is 5.75 Å². The first kappa shape index (κ1) is 29.8. The first-order valence-corrected chi connectivity index (χ1v) is 13.2. The van der Waals surface area contributed by atoms with Crippen molar-refractivity contribution < 1.29 is 36.3 Å². The van der Waals surface area contributed by atoms with Gasteiger partial charge in [0.1, 0.15) is 17.6 Å². The number of fused-ring (bicyclic) bond motifs is 2. The number of pyridine rings is 1. The maximum absolute atomic E-state index is 13.1. The second kappa shape index (κ2) is 11.4. The van der Waals surface area contributed by atoms with Gasteiger partial charge >= 0.3 is 6.18 Å². The number of nitrogens with zero attached hydrogens (tertiary/aromatic N) is 2. The van der Waals surface area contributed by atoms with E-state index >= 15 is 0 Å². The van der Waals surface area contributed by atoms with Crippen LogP contribution in [0.1, 0.15) is 68.8 Å². The summed E-state index contributed by atoms with van der Waals surface area (Å²) in [6.45, 7) is 4.01. The molecular weight excluding hydrogens is 559 g/mol. The third kappa shape index (κ3) is 6.59. The zero-order valence-corrected chi connectivity index (χ0v) is 22.8. The number of ether oxygens (including phenoxy) is 1. The van der Waals surface area contributed by atoms with Gasteiger partial charge in [0.25, 0.3) is 18.2 Å². The monoisotopic (exact) mass is 588 g/mol. The van der Waals surface area contributed by atoms with Crippen molar-refractivity contribution in [2.45, 2.75) is 88.8 Å². The number of hydrogen-bond donors (Lipinski definition) is 2. The minimum absolute atomic E-state index is 0.0177. The van der Waals surface area contributed by atoms with Crippen molar-refractivity contribution in [3.63, 3.8) is 0 Å². The van der Waals surface area contributed by atoms with Gasteiger partial charge in [-0.2, -0.15) is 13.2 Å². The predicted octanol–water partition coefficient (Wildman–Crippen LogP) is 5.83. The van der Waals surface area contributed by atoms with Crippen molar-refractivity contribution in [2.75, 3.05) is 4.90 Å². The van der Waals surface area contributed by atoms with Crippen molar-refractivity contribution in [2.24, 2.45) is 0 Å². The van der Waals surface area contributed by atoms with Crippen LogP contribution in [0.4, 0.5) is 27.8 Å². The van der Waals surface area contributed by atoms with E-state index in [1.807, 2.05) is 5.32 Å². The van der Waals surface area contributed by atoms with E-state index in [1.54, 1.807) is 19.9 Å². The van der Waals surface area contributed by atoms with Crippen molar-refractivity contribution in [1.82, 2.24) is 15.6 Å². The van der Waals surface area contributed by atoms with Crippen LogP contribution in [0, 0.1) is 0 Å². The number of piperidine rings is 1. The summed E-state index contributed by atoms with van der Waals surface area (Å²) in [5.41, 5.74) is -1.54. The van der Waals surface area contributed by atoms with Gasteiger partial charge in [0.05, 0.1) is 10.6 Å². The molecule has 0 unspecified atom stereocenters. The number of carbonyl (C=O) groups excluding carboxylic acids is 2. The Hall–Kier alpha value is -3.15. The summed E-state index contributed by atoms with van der Waals surface area (Å²) in [7, 11) is 0. The van der Waals surface area contributed by atoms with Crippen LogP contribution in [-0.4, -0.2) is 52.7 Å². The van der Waals surface area contributed by atoms with E-state index < -0.39 is 30.2 Å². The molecule has 7 nitrogen and oxygen atoms in total. The molecule has 0 radical (unpaired) electrons. The third-order valence-corrected chi connectivity index (χ3v) is 7.60. The number of halogens is 6. The lowest BCUT2D eigenvalue weighted by atomic mass is 9.96. The number of nitrogens with one attached hydrogen (secondary N) is 2. The van der Waals surface area contributed by atoms with Gasteiger partial charge < -0.3 is 20.3 Å². The Kier molecular flexibility index (Phi) is 8.49. The minimum Gasteiger partial charge on any atom is -0.476 e. The molecule has 2 amide bonds. The largest absolute Gasteiger partial charge is 0.476 e. The Morgan fingerprint density at radius 2 is 1.75 bits per heavy atom. The zero-order chi connectivity index (χ0) is 29.4. The molecule has 0 spiro atoms. The van der Waals surface area contributed by atoms with Crippen LogP contribution < -0.4 is 20.3 Å². The molecule has 218 valence electrons. The Balaban J connectivity index is 1.36. The number of amides is 2. The van der Waals surface area contributed by atoms with Crippen LogP contribution >= 0.6 is 11.6 Å². The van der Waals surface area contributed by atoms with Crippen molar-refractivity contribution in [3.05, 3.63) is 52.7 Å². The molecule has 2 aliphatic rings. The number of carbonyl (C=O) groups is 2. The number of rotatable bonds is 8. The van der Waals surface area contributed by atoms with Gasteiger partial charge in [0, 0.05) is 29.9 Å². The van der Waals surface area contributed by atoms with E-state index in [0.29, 0.717) is 18.7 Å². The fourth-order valence-electron chi connectivity index (χ4n) is 5.12. The summed E-state index contributed by atoms with van der Waals surface area (Å²) in [5.74, 6) is -0.495. The van der Waals surface area contributed by atoms with Gasteiger partial charge in [-0.1, -0.05) is 11.6 Å². The number of hydrogen-bond acceptors (Lipinski definition) is 5. The summed E-state index contributed by atoms with van der Waals surface area (Å²) < 4.78 is 69.9. The zero-order valence-electron chi connectivity index (χ0n) is 22.1. The maximum Gasteiger partial charge on any atom is 0.408 e. The lowest BCUT2D eigenvalue weighted by Gasteiger charge is -2.40. The number of benzene rings is 1. The molecule has 1 aromatic carbocycles. The van der Waals surface area contributed by atoms with E-state index in [1.165, 1.54) is 24.4 Å². The average molecular weight is 589 g/mol. The Morgan fingerprint density at radius 1 is 1.10 bits per heavy atom. The fourth-order valence-corrected chi connectivity index (χ4v) is 5.35. The summed E-state index contributed by atoms with van der Waals surface area (Å²) in [6, 6.07) is 4.71. The topological polar surface area (TPSA) is 83.6 Å². The Morgan fingerprint density at radius 3 is 2.27 bits per heavy atom. The quantitative estimate of drug-likeness (QED) is 0.379. The SMILES string of the molecule is C[C@H](NC(=O)c1ccc(N2[C@@H]3CC[C@H]2C[C@@H](NC(=O)C(C)(C)Oc2ccc(C(F)F)cc2Cl)C3)nc1)C(F)(F)F.